The summed E-state index contributed by atoms with van der Waals surface area (Å²) in [6, 6.07) is 8.90. The molecule has 0 spiro atoms. The molecule has 30 heavy (non-hydrogen) atoms. The lowest BCUT2D eigenvalue weighted by Crippen LogP contribution is -2.42. The van der Waals surface area contributed by atoms with Crippen LogP contribution in [0.15, 0.2) is 45.9 Å². The molecule has 9 heteroatoms. The van der Waals surface area contributed by atoms with Crippen molar-refractivity contribution in [2.45, 2.75) is 64.1 Å². The quantitative estimate of drug-likeness (QED) is 0.615. The Labute approximate surface area is 177 Å². The van der Waals surface area contributed by atoms with E-state index in [2.05, 4.69) is 15.4 Å². The van der Waals surface area contributed by atoms with Gasteiger partial charge in [0.05, 0.1) is 0 Å². The van der Waals surface area contributed by atoms with E-state index in [1.54, 1.807) is 45.0 Å². The first-order valence-corrected chi connectivity index (χ1v) is 11.1. The predicted molar refractivity (Wildman–Crippen MR) is 115 cm³/mol. The predicted octanol–water partition coefficient (Wildman–Crippen LogP) is 3.53. The molecule has 3 N–H and O–H groups in total. The number of sulfonamides is 1. The molecule has 2 aromatic rings. The first kappa shape index (κ1) is 23.6. The first-order valence-electron chi connectivity index (χ1n) is 9.60. The van der Waals surface area contributed by atoms with Crippen molar-refractivity contribution in [3.8, 4) is 0 Å². The Morgan fingerprint density at radius 3 is 2.07 bits per heavy atom. The molecule has 1 aromatic heterocycles. The maximum Gasteiger partial charge on any atom is 0.291 e. The highest BCUT2D eigenvalue weighted by Gasteiger charge is 2.26. The molecule has 0 fully saturated rings. The van der Waals surface area contributed by atoms with Crippen LogP contribution in [-0.4, -0.2) is 31.3 Å². The summed E-state index contributed by atoms with van der Waals surface area (Å²) in [6.45, 7) is 11.0. The topological polar surface area (TPSA) is 118 Å². The van der Waals surface area contributed by atoms with Crippen LogP contribution in [0.25, 0.3) is 0 Å². The zero-order chi connectivity index (χ0) is 22.7. The van der Waals surface area contributed by atoms with Crippen molar-refractivity contribution in [3.05, 3.63) is 47.7 Å². The van der Waals surface area contributed by atoms with Crippen LogP contribution in [0.5, 0.6) is 0 Å². The molecule has 0 atom stereocenters. The third-order valence-electron chi connectivity index (χ3n) is 4.25. The zero-order valence-corrected chi connectivity index (χ0v) is 18.9. The summed E-state index contributed by atoms with van der Waals surface area (Å²) in [5.41, 5.74) is -0.0912. The summed E-state index contributed by atoms with van der Waals surface area (Å²) >= 11 is 0. The SMILES string of the molecule is CCC(C)(C)NC(=O)c1ccc(NC(=O)c2ccc(S(=O)(=O)NC(C)(C)C)o2)cc1. The lowest BCUT2D eigenvalue weighted by Gasteiger charge is -2.24. The number of hydrogen-bond acceptors (Lipinski definition) is 5. The third kappa shape index (κ3) is 6.43. The molecular weight excluding hydrogens is 406 g/mol. The van der Waals surface area contributed by atoms with E-state index in [1.165, 1.54) is 12.1 Å². The maximum atomic E-state index is 12.4. The average Bonchev–Trinajstić information content (AvgIpc) is 3.11. The molecule has 0 saturated carbocycles. The largest absolute Gasteiger partial charge is 0.438 e. The van der Waals surface area contributed by atoms with Crippen LogP contribution in [0.4, 0.5) is 5.69 Å². The second-order valence-electron chi connectivity index (χ2n) is 8.70. The van der Waals surface area contributed by atoms with Gasteiger partial charge in [-0.3, -0.25) is 9.59 Å². The Bertz CT molecular complexity index is 1020. The Kier molecular flexibility index (Phi) is 6.78. The molecule has 0 aliphatic rings. The highest BCUT2D eigenvalue weighted by molar-refractivity contribution is 7.89. The van der Waals surface area contributed by atoms with Gasteiger partial charge in [0.1, 0.15) is 0 Å². The minimum Gasteiger partial charge on any atom is -0.438 e. The second-order valence-corrected chi connectivity index (χ2v) is 10.3. The van der Waals surface area contributed by atoms with Crippen LogP contribution < -0.4 is 15.4 Å². The molecule has 8 nitrogen and oxygen atoms in total. The van der Waals surface area contributed by atoms with Gasteiger partial charge in [-0.25, -0.2) is 13.1 Å². The number of rotatable bonds is 7. The number of carbonyl (C=O) groups is 2. The average molecular weight is 436 g/mol. The standard InChI is InChI=1S/C21H29N3O5S/c1-7-21(5,6)23-18(25)14-8-10-15(11-9-14)22-19(26)16-12-13-17(29-16)30(27,28)24-20(2,3)4/h8-13,24H,7H2,1-6H3,(H,22,26)(H,23,25). The van der Waals surface area contributed by atoms with E-state index in [0.717, 1.165) is 6.42 Å². The highest BCUT2D eigenvalue weighted by atomic mass is 32.2. The van der Waals surface area contributed by atoms with Crippen molar-refractivity contribution in [1.29, 1.82) is 0 Å². The van der Waals surface area contributed by atoms with Crippen LogP contribution in [0.2, 0.25) is 0 Å². The van der Waals surface area contributed by atoms with Crippen molar-refractivity contribution in [1.82, 2.24) is 10.0 Å². The molecule has 164 valence electrons. The van der Waals surface area contributed by atoms with E-state index in [9.17, 15) is 18.0 Å². The number of furan rings is 1. The molecule has 0 aliphatic heterocycles. The second kappa shape index (κ2) is 8.61. The van der Waals surface area contributed by atoms with Crippen LogP contribution in [0.1, 0.15) is 68.9 Å². The summed E-state index contributed by atoms with van der Waals surface area (Å²) in [7, 11) is -3.88. The van der Waals surface area contributed by atoms with Gasteiger partial charge in [-0.15, -0.1) is 0 Å². The van der Waals surface area contributed by atoms with Gasteiger partial charge in [-0.1, -0.05) is 6.92 Å². The summed E-state index contributed by atoms with van der Waals surface area (Å²) in [4.78, 5) is 24.7. The van der Waals surface area contributed by atoms with E-state index >= 15 is 0 Å². The van der Waals surface area contributed by atoms with E-state index in [1.807, 2.05) is 20.8 Å². The van der Waals surface area contributed by atoms with E-state index in [0.29, 0.717) is 11.3 Å². The van der Waals surface area contributed by atoms with E-state index < -0.39 is 21.5 Å². The third-order valence-corrected chi connectivity index (χ3v) is 5.88. The summed E-state index contributed by atoms with van der Waals surface area (Å²) in [5.74, 6) is -0.945. The molecule has 1 aromatic carbocycles. The van der Waals surface area contributed by atoms with Crippen molar-refractivity contribution in [2.24, 2.45) is 0 Å². The fraction of sp³-hybridized carbons (Fsp3) is 0.429. The Morgan fingerprint density at radius 2 is 1.53 bits per heavy atom. The first-order chi connectivity index (χ1) is 13.7. The fourth-order valence-electron chi connectivity index (χ4n) is 2.41. The van der Waals surface area contributed by atoms with Gasteiger partial charge in [-0.05, 0) is 77.4 Å². The number of amides is 2. The summed E-state index contributed by atoms with van der Waals surface area (Å²) in [5, 5.41) is 5.21. The van der Waals surface area contributed by atoms with Crippen LogP contribution in [-0.2, 0) is 10.0 Å². The molecular formula is C21H29N3O5S. The number of hydrogen-bond donors (Lipinski definition) is 3. The molecule has 2 rings (SSSR count). The number of benzene rings is 1. The summed E-state index contributed by atoms with van der Waals surface area (Å²) in [6.07, 6.45) is 0.791. The minimum atomic E-state index is -3.88. The Balaban J connectivity index is 2.07. The summed E-state index contributed by atoms with van der Waals surface area (Å²) < 4.78 is 32.3. The van der Waals surface area contributed by atoms with Gasteiger partial charge in [0.2, 0.25) is 5.09 Å². The lowest BCUT2D eigenvalue weighted by molar-refractivity contribution is 0.0910. The van der Waals surface area contributed by atoms with Crippen LogP contribution in [0.3, 0.4) is 0 Å². The number of anilines is 1. The smallest absolute Gasteiger partial charge is 0.291 e. The molecule has 0 aliphatic carbocycles. The van der Waals surface area contributed by atoms with Crippen LogP contribution in [0, 0.1) is 0 Å². The van der Waals surface area contributed by atoms with Crippen molar-refractivity contribution >= 4 is 27.5 Å². The van der Waals surface area contributed by atoms with Crippen molar-refractivity contribution < 1.29 is 22.4 Å². The molecule has 0 saturated heterocycles. The van der Waals surface area contributed by atoms with Crippen molar-refractivity contribution in [2.75, 3.05) is 5.32 Å². The number of carbonyl (C=O) groups excluding carboxylic acids is 2. The van der Waals surface area contributed by atoms with Gasteiger partial charge < -0.3 is 15.1 Å². The monoisotopic (exact) mass is 435 g/mol. The van der Waals surface area contributed by atoms with E-state index in [-0.39, 0.29) is 22.3 Å². The molecule has 2 amide bonds. The molecule has 0 bridgehead atoms. The minimum absolute atomic E-state index is 0.143. The van der Waals surface area contributed by atoms with Gasteiger partial charge in [-0.2, -0.15) is 0 Å². The molecule has 0 radical (unpaired) electrons. The molecule has 0 unspecified atom stereocenters. The Morgan fingerprint density at radius 1 is 0.933 bits per heavy atom. The van der Waals surface area contributed by atoms with Crippen LogP contribution >= 0.6 is 0 Å². The fourth-order valence-corrected chi connectivity index (χ4v) is 3.76. The van der Waals surface area contributed by atoms with Gasteiger partial charge in [0, 0.05) is 22.3 Å². The lowest BCUT2D eigenvalue weighted by atomic mass is 10.0. The molecule has 1 heterocycles. The van der Waals surface area contributed by atoms with E-state index in [4.69, 9.17) is 4.42 Å². The van der Waals surface area contributed by atoms with Gasteiger partial charge in [0.15, 0.2) is 5.76 Å². The Hall–Kier alpha value is -2.65. The van der Waals surface area contributed by atoms with Gasteiger partial charge in [0.25, 0.3) is 21.8 Å². The maximum absolute atomic E-state index is 12.4. The number of nitrogens with one attached hydrogen (secondary N) is 3. The normalized spacial score (nSPS) is 12.5. The highest BCUT2D eigenvalue weighted by Crippen LogP contribution is 2.18. The zero-order valence-electron chi connectivity index (χ0n) is 18.1. The van der Waals surface area contributed by atoms with Gasteiger partial charge >= 0.3 is 0 Å². The van der Waals surface area contributed by atoms with Crippen molar-refractivity contribution in [3.63, 3.8) is 0 Å².